The van der Waals surface area contributed by atoms with Gasteiger partial charge in [0.25, 0.3) is 0 Å². The zero-order chi connectivity index (χ0) is 20.4. The first-order chi connectivity index (χ1) is 14.8. The van der Waals surface area contributed by atoms with Crippen molar-refractivity contribution in [3.8, 4) is 0 Å². The third-order valence-corrected chi connectivity index (χ3v) is 9.35. The number of benzene rings is 3. The monoisotopic (exact) mass is 428 g/mol. The van der Waals surface area contributed by atoms with Crippen LogP contribution in [0.1, 0.15) is 33.8 Å². The minimum absolute atomic E-state index is 0.0550. The molecular formula is C27H24OS2. The van der Waals surface area contributed by atoms with E-state index in [2.05, 4.69) is 66.7 Å². The van der Waals surface area contributed by atoms with Gasteiger partial charge in [-0.1, -0.05) is 97.1 Å². The molecular weight excluding hydrogens is 404 g/mol. The second kappa shape index (κ2) is 8.49. The van der Waals surface area contributed by atoms with Gasteiger partial charge in [0.15, 0.2) is 5.78 Å². The van der Waals surface area contributed by atoms with E-state index in [0.29, 0.717) is 0 Å². The lowest BCUT2D eigenvalue weighted by Crippen LogP contribution is -2.37. The Balaban J connectivity index is 1.69. The topological polar surface area (TPSA) is 17.1 Å². The Hall–Kier alpha value is -2.23. The minimum atomic E-state index is -0.211. The van der Waals surface area contributed by atoms with Crippen LogP contribution in [-0.2, 0) is 0 Å². The van der Waals surface area contributed by atoms with Crippen molar-refractivity contribution in [3.63, 3.8) is 0 Å². The quantitative estimate of drug-likeness (QED) is 0.419. The summed E-state index contributed by atoms with van der Waals surface area (Å²) in [5.41, 5.74) is 4.56. The van der Waals surface area contributed by atoms with Gasteiger partial charge in [0.05, 0.1) is 10.00 Å². The van der Waals surface area contributed by atoms with E-state index in [0.717, 1.165) is 17.1 Å². The van der Waals surface area contributed by atoms with Gasteiger partial charge in [0, 0.05) is 11.5 Å². The molecule has 0 radical (unpaired) electrons. The molecule has 3 heteroatoms. The van der Waals surface area contributed by atoms with Crippen LogP contribution in [0.2, 0.25) is 0 Å². The number of Topliss-reactive ketones (excluding diaryl/α,β-unsaturated/α-hetero) is 1. The smallest absolute Gasteiger partial charge is 0.169 e. The maximum absolute atomic E-state index is 14.0. The second-order valence-corrected chi connectivity index (χ2v) is 10.8. The summed E-state index contributed by atoms with van der Waals surface area (Å²) in [7, 11) is 0. The number of hydrogen-bond donors (Lipinski definition) is 0. The largest absolute Gasteiger partial charge is 0.294 e. The minimum Gasteiger partial charge on any atom is -0.294 e. The van der Waals surface area contributed by atoms with Gasteiger partial charge in [0.2, 0.25) is 0 Å². The molecule has 1 heterocycles. The van der Waals surface area contributed by atoms with Crippen LogP contribution in [0.4, 0.5) is 0 Å². The van der Waals surface area contributed by atoms with Crippen LogP contribution < -0.4 is 0 Å². The summed E-state index contributed by atoms with van der Waals surface area (Å²) in [4.78, 5) is 14.0. The molecule has 1 aliphatic carbocycles. The fourth-order valence-corrected chi connectivity index (χ4v) is 8.17. The van der Waals surface area contributed by atoms with Crippen LogP contribution in [0.3, 0.4) is 0 Å². The van der Waals surface area contributed by atoms with Crippen molar-refractivity contribution < 1.29 is 4.79 Å². The molecule has 3 aromatic carbocycles. The SMILES string of the molecule is O=C(c1ccccc1)[C@H]1[C@H](c2ccccc2)C(c2ccccc2)=CC12SCCCS2. The third-order valence-electron chi connectivity index (χ3n) is 6.01. The summed E-state index contributed by atoms with van der Waals surface area (Å²) in [6.07, 6.45) is 3.63. The highest BCUT2D eigenvalue weighted by Crippen LogP contribution is 2.62. The van der Waals surface area contributed by atoms with Crippen LogP contribution >= 0.6 is 23.5 Å². The maximum Gasteiger partial charge on any atom is 0.169 e. The van der Waals surface area contributed by atoms with Crippen LogP contribution in [0.5, 0.6) is 0 Å². The first-order valence-electron chi connectivity index (χ1n) is 10.5. The molecule has 2 aliphatic rings. The highest BCUT2D eigenvalue weighted by Gasteiger charge is 2.54. The average molecular weight is 429 g/mol. The highest BCUT2D eigenvalue weighted by atomic mass is 32.2. The molecule has 2 atom stereocenters. The van der Waals surface area contributed by atoms with Crippen molar-refractivity contribution in [2.24, 2.45) is 5.92 Å². The number of ketones is 1. The summed E-state index contributed by atoms with van der Waals surface area (Å²) in [5.74, 6) is 2.40. The molecule has 0 bridgehead atoms. The van der Waals surface area contributed by atoms with Crippen molar-refractivity contribution >= 4 is 34.9 Å². The van der Waals surface area contributed by atoms with Gasteiger partial charge in [-0.3, -0.25) is 4.79 Å². The highest BCUT2D eigenvalue weighted by molar-refractivity contribution is 8.19. The third kappa shape index (κ3) is 3.55. The number of rotatable bonds is 4. The van der Waals surface area contributed by atoms with E-state index < -0.39 is 0 Å². The van der Waals surface area contributed by atoms with E-state index in [-0.39, 0.29) is 21.7 Å². The molecule has 5 rings (SSSR count). The van der Waals surface area contributed by atoms with E-state index in [1.165, 1.54) is 23.1 Å². The molecule has 1 spiro atoms. The lowest BCUT2D eigenvalue weighted by atomic mass is 9.78. The number of hydrogen-bond acceptors (Lipinski definition) is 3. The fraction of sp³-hybridized carbons (Fsp3) is 0.222. The molecule has 0 amide bonds. The summed E-state index contributed by atoms with van der Waals surface area (Å²) >= 11 is 3.93. The Labute approximate surface area is 187 Å². The normalized spacial score (nSPS) is 22.6. The molecule has 0 saturated carbocycles. The standard InChI is InChI=1S/C27H24OS2/c28-26(22-15-8-3-9-16-22)25-24(21-13-6-2-7-14-21)23(20-11-4-1-5-12-20)19-27(25)29-17-10-18-30-27/h1-9,11-16,19,24-25H,10,17-18H2/t24-,25-/m1/s1. The number of carbonyl (C=O) groups is 1. The zero-order valence-corrected chi connectivity index (χ0v) is 18.4. The Kier molecular flexibility index (Phi) is 5.58. The first kappa shape index (κ1) is 19.7. The summed E-state index contributed by atoms with van der Waals surface area (Å²) in [6, 6.07) is 31.1. The van der Waals surface area contributed by atoms with Gasteiger partial charge in [-0.15, -0.1) is 23.5 Å². The molecule has 3 aromatic rings. The Morgan fingerprint density at radius 2 is 1.33 bits per heavy atom. The number of carbonyl (C=O) groups excluding carboxylic acids is 1. The van der Waals surface area contributed by atoms with E-state index in [9.17, 15) is 4.79 Å². The lowest BCUT2D eigenvalue weighted by Gasteiger charge is -2.38. The van der Waals surface area contributed by atoms with E-state index in [1.54, 1.807) is 0 Å². The average Bonchev–Trinajstić information content (AvgIpc) is 3.15. The van der Waals surface area contributed by atoms with Crippen molar-refractivity contribution in [1.82, 2.24) is 0 Å². The van der Waals surface area contributed by atoms with Crippen molar-refractivity contribution in [1.29, 1.82) is 0 Å². The fourth-order valence-electron chi connectivity index (χ4n) is 4.68. The molecule has 0 N–H and O–H groups in total. The van der Waals surface area contributed by atoms with Crippen molar-refractivity contribution in [2.75, 3.05) is 11.5 Å². The molecule has 150 valence electrons. The number of thioether (sulfide) groups is 2. The Morgan fingerprint density at radius 3 is 1.97 bits per heavy atom. The van der Waals surface area contributed by atoms with Crippen LogP contribution in [0.25, 0.3) is 5.57 Å². The Bertz CT molecular complexity index is 1040. The van der Waals surface area contributed by atoms with Gasteiger partial charge in [-0.2, -0.15) is 0 Å². The zero-order valence-electron chi connectivity index (χ0n) is 16.7. The van der Waals surface area contributed by atoms with Gasteiger partial charge < -0.3 is 0 Å². The molecule has 30 heavy (non-hydrogen) atoms. The van der Waals surface area contributed by atoms with Crippen molar-refractivity contribution in [2.45, 2.75) is 16.4 Å². The van der Waals surface area contributed by atoms with Gasteiger partial charge >= 0.3 is 0 Å². The van der Waals surface area contributed by atoms with Crippen molar-refractivity contribution in [3.05, 3.63) is 114 Å². The molecule has 1 nitrogen and oxygen atoms in total. The van der Waals surface area contributed by atoms with E-state index >= 15 is 0 Å². The lowest BCUT2D eigenvalue weighted by molar-refractivity contribution is 0.0915. The molecule has 1 aliphatic heterocycles. The number of allylic oxidation sites excluding steroid dienone is 1. The van der Waals surface area contributed by atoms with Gasteiger partial charge in [-0.05, 0) is 34.6 Å². The van der Waals surface area contributed by atoms with Gasteiger partial charge in [-0.25, -0.2) is 0 Å². The van der Waals surface area contributed by atoms with E-state index in [4.69, 9.17) is 0 Å². The predicted molar refractivity (Wildman–Crippen MR) is 130 cm³/mol. The molecule has 1 fully saturated rings. The van der Waals surface area contributed by atoms with Gasteiger partial charge in [0.1, 0.15) is 0 Å². The molecule has 0 unspecified atom stereocenters. The predicted octanol–water partition coefficient (Wildman–Crippen LogP) is 6.93. The maximum atomic E-state index is 14.0. The summed E-state index contributed by atoms with van der Waals surface area (Å²) < 4.78 is -0.211. The van der Waals surface area contributed by atoms with E-state index in [1.807, 2.05) is 53.9 Å². The first-order valence-corrected chi connectivity index (χ1v) is 12.5. The van der Waals surface area contributed by atoms with Crippen LogP contribution in [0.15, 0.2) is 97.1 Å². The van der Waals surface area contributed by atoms with Crippen LogP contribution in [0, 0.1) is 5.92 Å². The second-order valence-electron chi connectivity index (χ2n) is 7.83. The summed E-state index contributed by atoms with van der Waals surface area (Å²) in [6.45, 7) is 0. The Morgan fingerprint density at radius 1 is 0.767 bits per heavy atom. The summed E-state index contributed by atoms with van der Waals surface area (Å²) in [5, 5.41) is 0. The molecule has 0 aromatic heterocycles. The molecule has 1 saturated heterocycles. The van der Waals surface area contributed by atoms with Crippen LogP contribution in [-0.4, -0.2) is 21.4 Å².